The third kappa shape index (κ3) is 3.98. The zero-order chi connectivity index (χ0) is 12.8. The number of hydrogen-bond donors (Lipinski definition) is 1. The lowest BCUT2D eigenvalue weighted by Crippen LogP contribution is -2.45. The minimum absolute atomic E-state index is 0.585. The van der Waals surface area contributed by atoms with Crippen molar-refractivity contribution in [3.63, 3.8) is 0 Å². The Labute approximate surface area is 109 Å². The Morgan fingerprint density at radius 1 is 1.11 bits per heavy atom. The van der Waals surface area contributed by atoms with Crippen molar-refractivity contribution >= 4 is 0 Å². The highest BCUT2D eigenvalue weighted by molar-refractivity contribution is 5.27. The summed E-state index contributed by atoms with van der Waals surface area (Å²) in [5, 5.41) is 0. The molecule has 1 aromatic carbocycles. The van der Waals surface area contributed by atoms with Gasteiger partial charge in [-0.2, -0.15) is 0 Å². The standard InChI is InChI=1S/C14H23N3O/c1-16-6-8-17(9-7-16)10-11-18-14-4-2-13(12-15)3-5-14/h2-5H,6-12,15H2,1H3. The average Bonchev–Trinajstić information content (AvgIpc) is 2.42. The van der Waals surface area contributed by atoms with Crippen LogP contribution in [0.3, 0.4) is 0 Å². The molecule has 0 aromatic heterocycles. The molecule has 4 heteroatoms. The first kappa shape index (κ1) is 13.3. The molecule has 2 N–H and O–H groups in total. The maximum absolute atomic E-state index is 5.74. The second-order valence-corrected chi connectivity index (χ2v) is 4.84. The highest BCUT2D eigenvalue weighted by atomic mass is 16.5. The summed E-state index contributed by atoms with van der Waals surface area (Å²) in [5.41, 5.74) is 6.70. The highest BCUT2D eigenvalue weighted by Gasteiger charge is 2.12. The van der Waals surface area contributed by atoms with Crippen molar-refractivity contribution in [1.82, 2.24) is 9.80 Å². The van der Waals surface area contributed by atoms with Crippen LogP contribution >= 0.6 is 0 Å². The topological polar surface area (TPSA) is 41.7 Å². The zero-order valence-corrected chi connectivity index (χ0v) is 11.1. The van der Waals surface area contributed by atoms with Gasteiger partial charge in [-0.1, -0.05) is 12.1 Å². The molecule has 1 aliphatic rings. The van der Waals surface area contributed by atoms with Crippen LogP contribution in [0, 0.1) is 0 Å². The number of piperazine rings is 1. The lowest BCUT2D eigenvalue weighted by atomic mass is 10.2. The SMILES string of the molecule is CN1CCN(CCOc2ccc(CN)cc2)CC1. The zero-order valence-electron chi connectivity index (χ0n) is 11.1. The smallest absolute Gasteiger partial charge is 0.119 e. The first-order valence-electron chi connectivity index (χ1n) is 6.60. The summed E-state index contributed by atoms with van der Waals surface area (Å²) in [7, 11) is 2.17. The molecule has 0 radical (unpaired) electrons. The summed E-state index contributed by atoms with van der Waals surface area (Å²) >= 11 is 0. The number of hydrogen-bond acceptors (Lipinski definition) is 4. The molecule has 18 heavy (non-hydrogen) atoms. The quantitative estimate of drug-likeness (QED) is 0.837. The lowest BCUT2D eigenvalue weighted by Gasteiger charge is -2.32. The normalized spacial score (nSPS) is 17.9. The van der Waals surface area contributed by atoms with E-state index >= 15 is 0 Å². The molecule has 2 rings (SSSR count). The van der Waals surface area contributed by atoms with E-state index in [9.17, 15) is 0 Å². The molecule has 0 bridgehead atoms. The van der Waals surface area contributed by atoms with E-state index in [1.807, 2.05) is 24.3 Å². The molecule has 0 atom stereocenters. The van der Waals surface area contributed by atoms with Crippen LogP contribution in [0.1, 0.15) is 5.56 Å². The molecule has 1 aromatic rings. The van der Waals surface area contributed by atoms with Gasteiger partial charge in [0.15, 0.2) is 0 Å². The Kier molecular flexibility index (Phi) is 4.99. The Morgan fingerprint density at radius 2 is 1.78 bits per heavy atom. The van der Waals surface area contributed by atoms with Gasteiger partial charge in [-0.05, 0) is 24.7 Å². The van der Waals surface area contributed by atoms with E-state index in [0.717, 1.165) is 50.6 Å². The van der Waals surface area contributed by atoms with Crippen LogP contribution in [0.25, 0.3) is 0 Å². The molecule has 1 heterocycles. The predicted octanol–water partition coefficient (Wildman–Crippen LogP) is 0.771. The maximum atomic E-state index is 5.74. The van der Waals surface area contributed by atoms with Gasteiger partial charge in [0, 0.05) is 39.3 Å². The summed E-state index contributed by atoms with van der Waals surface area (Å²) in [4.78, 5) is 4.82. The van der Waals surface area contributed by atoms with E-state index < -0.39 is 0 Å². The van der Waals surface area contributed by atoms with Gasteiger partial charge in [-0.15, -0.1) is 0 Å². The molecular formula is C14H23N3O. The third-order valence-electron chi connectivity index (χ3n) is 3.43. The van der Waals surface area contributed by atoms with E-state index in [2.05, 4.69) is 16.8 Å². The fourth-order valence-electron chi connectivity index (χ4n) is 2.09. The molecule has 4 nitrogen and oxygen atoms in total. The number of rotatable bonds is 5. The van der Waals surface area contributed by atoms with E-state index in [0.29, 0.717) is 6.54 Å². The summed E-state index contributed by atoms with van der Waals surface area (Å²) in [6.45, 7) is 6.95. The Balaban J connectivity index is 1.68. The maximum Gasteiger partial charge on any atom is 0.119 e. The van der Waals surface area contributed by atoms with Gasteiger partial charge in [-0.25, -0.2) is 0 Å². The van der Waals surface area contributed by atoms with E-state index in [1.165, 1.54) is 0 Å². The van der Waals surface area contributed by atoms with Gasteiger partial charge in [0.05, 0.1) is 0 Å². The minimum atomic E-state index is 0.585. The fraction of sp³-hybridized carbons (Fsp3) is 0.571. The molecular weight excluding hydrogens is 226 g/mol. The lowest BCUT2D eigenvalue weighted by molar-refractivity contribution is 0.134. The van der Waals surface area contributed by atoms with Crippen LogP contribution in [-0.2, 0) is 6.54 Å². The number of benzene rings is 1. The Bertz CT molecular complexity index is 345. The highest BCUT2D eigenvalue weighted by Crippen LogP contribution is 2.11. The molecule has 1 fully saturated rings. The summed E-state index contributed by atoms with van der Waals surface area (Å²) in [6, 6.07) is 8.02. The molecule has 0 unspecified atom stereocenters. The van der Waals surface area contributed by atoms with Crippen molar-refractivity contribution in [3.05, 3.63) is 29.8 Å². The first-order chi connectivity index (χ1) is 8.78. The fourth-order valence-corrected chi connectivity index (χ4v) is 2.09. The second kappa shape index (κ2) is 6.73. The van der Waals surface area contributed by atoms with Gasteiger partial charge in [0.2, 0.25) is 0 Å². The van der Waals surface area contributed by atoms with Crippen molar-refractivity contribution in [3.8, 4) is 5.75 Å². The number of nitrogens with two attached hydrogens (primary N) is 1. The van der Waals surface area contributed by atoms with Gasteiger partial charge >= 0.3 is 0 Å². The van der Waals surface area contributed by atoms with E-state index in [1.54, 1.807) is 0 Å². The number of likely N-dealkylation sites (N-methyl/N-ethyl adjacent to an activating group) is 1. The Hall–Kier alpha value is -1.10. The molecule has 1 saturated heterocycles. The van der Waals surface area contributed by atoms with Gasteiger partial charge in [0.25, 0.3) is 0 Å². The minimum Gasteiger partial charge on any atom is -0.492 e. The van der Waals surface area contributed by atoms with Crippen LogP contribution in [0.15, 0.2) is 24.3 Å². The number of nitrogens with zero attached hydrogens (tertiary/aromatic N) is 2. The summed E-state index contributed by atoms with van der Waals surface area (Å²) in [5.74, 6) is 0.932. The van der Waals surface area contributed by atoms with Crippen molar-refractivity contribution < 1.29 is 4.74 Å². The summed E-state index contributed by atoms with van der Waals surface area (Å²) in [6.07, 6.45) is 0. The third-order valence-corrected chi connectivity index (χ3v) is 3.43. The molecule has 1 aliphatic heterocycles. The average molecular weight is 249 g/mol. The van der Waals surface area contributed by atoms with Crippen molar-refractivity contribution in [1.29, 1.82) is 0 Å². The van der Waals surface area contributed by atoms with Crippen LogP contribution < -0.4 is 10.5 Å². The molecule has 0 spiro atoms. The van der Waals surface area contributed by atoms with Gasteiger partial charge in [0.1, 0.15) is 12.4 Å². The van der Waals surface area contributed by atoms with Crippen LogP contribution in [-0.4, -0.2) is 56.2 Å². The molecule has 0 aliphatic carbocycles. The van der Waals surface area contributed by atoms with Gasteiger partial charge in [-0.3, -0.25) is 4.90 Å². The molecule has 100 valence electrons. The number of ether oxygens (including phenoxy) is 1. The largest absolute Gasteiger partial charge is 0.492 e. The van der Waals surface area contributed by atoms with Crippen LogP contribution in [0.2, 0.25) is 0 Å². The van der Waals surface area contributed by atoms with E-state index in [4.69, 9.17) is 10.5 Å². The molecule has 0 amide bonds. The van der Waals surface area contributed by atoms with Crippen molar-refractivity contribution in [2.75, 3.05) is 46.4 Å². The second-order valence-electron chi connectivity index (χ2n) is 4.84. The van der Waals surface area contributed by atoms with Gasteiger partial charge < -0.3 is 15.4 Å². The predicted molar refractivity (Wildman–Crippen MR) is 73.8 cm³/mol. The monoisotopic (exact) mass is 249 g/mol. The molecule has 0 saturated carbocycles. The summed E-state index contributed by atoms with van der Waals surface area (Å²) < 4.78 is 5.74. The first-order valence-corrected chi connectivity index (χ1v) is 6.60. The van der Waals surface area contributed by atoms with Crippen LogP contribution in [0.5, 0.6) is 5.75 Å². The van der Waals surface area contributed by atoms with Crippen LogP contribution in [0.4, 0.5) is 0 Å². The van der Waals surface area contributed by atoms with Crippen molar-refractivity contribution in [2.45, 2.75) is 6.54 Å². The van der Waals surface area contributed by atoms with Crippen molar-refractivity contribution in [2.24, 2.45) is 5.73 Å². The Morgan fingerprint density at radius 3 is 2.39 bits per heavy atom. The van der Waals surface area contributed by atoms with E-state index in [-0.39, 0.29) is 0 Å².